The third-order valence-corrected chi connectivity index (χ3v) is 12.5. The molecule has 0 spiro atoms. The Bertz CT molecular complexity index is 2950. The molecule has 0 saturated heterocycles. The molecule has 10 aromatic rings. The molecule has 3 heterocycles. The van der Waals surface area contributed by atoms with Crippen LogP contribution >= 0.6 is 0 Å². The number of rotatable bonds is 4. The maximum Gasteiger partial charge on any atom is 0.244 e. The first-order chi connectivity index (χ1) is 30.5. The van der Waals surface area contributed by atoms with Gasteiger partial charge in [-0.2, -0.15) is 0 Å². The van der Waals surface area contributed by atoms with Crippen molar-refractivity contribution in [1.29, 1.82) is 0 Å². The Morgan fingerprint density at radius 1 is 0.391 bits per heavy atom. The summed E-state index contributed by atoms with van der Waals surface area (Å²) in [5, 5.41) is 8.95. The molecule has 0 radical (unpaired) electrons. The molecule has 0 N–H and O–H groups in total. The summed E-state index contributed by atoms with van der Waals surface area (Å²) in [4.78, 5) is 0. The highest BCUT2D eigenvalue weighted by Gasteiger charge is 2.28. The fraction of sp³-hybridized carbons (Fsp3) is 0.148. The van der Waals surface area contributed by atoms with Crippen LogP contribution < -0.4 is 52.9 Å². The minimum atomic E-state index is 0. The molecule has 11 rings (SSSR count). The number of hydrogen-bond donors (Lipinski definition) is 0. The molecule has 320 valence electrons. The lowest BCUT2D eigenvalue weighted by atomic mass is 9.88. The molecule has 0 amide bonds. The maximum atomic E-state index is 6.50. The largest absolute Gasteiger partial charge is 1.00 e. The lowest BCUT2D eigenvalue weighted by molar-refractivity contribution is -0.688. The van der Waals surface area contributed by atoms with Crippen molar-refractivity contribution in [2.45, 2.75) is 26.2 Å². The zero-order valence-corrected chi connectivity index (χ0v) is 37.5. The van der Waals surface area contributed by atoms with Gasteiger partial charge in [0.25, 0.3) is 0 Å². The molecule has 0 saturated carbocycles. The first kappa shape index (κ1) is 42.3. The van der Waals surface area contributed by atoms with Gasteiger partial charge in [0.15, 0.2) is 0 Å². The van der Waals surface area contributed by atoms with Crippen LogP contribution in [0.5, 0.6) is 23.0 Å². The van der Waals surface area contributed by atoms with Crippen LogP contribution in [0.2, 0.25) is 0 Å². The molecule has 1 aliphatic heterocycles. The van der Waals surface area contributed by atoms with Gasteiger partial charge < -0.3 is 43.8 Å². The van der Waals surface area contributed by atoms with Crippen molar-refractivity contribution in [3.63, 3.8) is 0 Å². The average Bonchev–Trinajstić information content (AvgIpc) is 3.95. The molecular weight excluding hydrogens is 840 g/mol. The molecule has 0 fully saturated rings. The summed E-state index contributed by atoms with van der Waals surface area (Å²) in [5.41, 5.74) is 8.36. The minimum absolute atomic E-state index is 0. The summed E-state index contributed by atoms with van der Waals surface area (Å²) < 4.78 is 34.9. The van der Waals surface area contributed by atoms with E-state index in [-0.39, 0.29) is 24.8 Å². The number of aromatic nitrogens is 4. The van der Waals surface area contributed by atoms with Crippen molar-refractivity contribution in [1.82, 2.24) is 9.13 Å². The molecule has 10 heteroatoms. The molecule has 0 atom stereocenters. The van der Waals surface area contributed by atoms with Gasteiger partial charge in [0.2, 0.25) is 12.7 Å². The summed E-state index contributed by atoms with van der Waals surface area (Å²) in [5.74, 6) is 3.31. The van der Waals surface area contributed by atoms with Crippen LogP contribution in [-0.2, 0) is 26.2 Å². The Morgan fingerprint density at radius 3 is 0.984 bits per heavy atom. The summed E-state index contributed by atoms with van der Waals surface area (Å²) >= 11 is 0. The number of halogens is 2. The van der Waals surface area contributed by atoms with E-state index in [1.807, 2.05) is 0 Å². The highest BCUT2D eigenvalue weighted by atomic mass is 35.5. The molecule has 8 nitrogen and oxygen atoms in total. The van der Waals surface area contributed by atoms with Crippen molar-refractivity contribution in [3.8, 4) is 45.3 Å². The topological polar surface area (TPSA) is 54.5 Å². The molecule has 2 aromatic heterocycles. The maximum absolute atomic E-state index is 6.50. The second-order valence-electron chi connectivity index (χ2n) is 16.2. The second kappa shape index (κ2) is 17.3. The molecular formula is C54H46Cl2N4O4. The first-order valence-electron chi connectivity index (χ1n) is 21.0. The van der Waals surface area contributed by atoms with E-state index in [2.05, 4.69) is 177 Å². The van der Waals surface area contributed by atoms with Crippen LogP contribution in [0.1, 0.15) is 22.3 Å². The van der Waals surface area contributed by atoms with E-state index in [0.29, 0.717) is 26.2 Å². The molecule has 0 aliphatic carbocycles. The van der Waals surface area contributed by atoms with Gasteiger partial charge in [-0.25, -0.2) is 18.3 Å². The minimum Gasteiger partial charge on any atom is -1.00 e. The number of nitrogens with zero attached hydrogens (tertiary/aromatic N) is 4. The van der Waals surface area contributed by atoms with Gasteiger partial charge in [0.1, 0.15) is 74.0 Å². The Morgan fingerprint density at radius 2 is 0.672 bits per heavy atom. The van der Waals surface area contributed by atoms with Gasteiger partial charge in [-0.1, -0.05) is 97.1 Å². The van der Waals surface area contributed by atoms with Crippen molar-refractivity contribution in [3.05, 3.63) is 181 Å². The number of methoxy groups -OCH3 is 4. The average molecular weight is 886 g/mol. The highest BCUT2D eigenvalue weighted by Crippen LogP contribution is 2.50. The lowest BCUT2D eigenvalue weighted by Crippen LogP contribution is -3.00. The smallest absolute Gasteiger partial charge is 0.244 e. The van der Waals surface area contributed by atoms with E-state index in [4.69, 9.17) is 18.9 Å². The highest BCUT2D eigenvalue weighted by molar-refractivity contribution is 6.12. The summed E-state index contributed by atoms with van der Waals surface area (Å²) in [7, 11) is 7.13. The van der Waals surface area contributed by atoms with Gasteiger partial charge >= 0.3 is 0 Å². The Kier molecular flexibility index (Phi) is 11.4. The van der Waals surface area contributed by atoms with E-state index in [9.17, 15) is 0 Å². The van der Waals surface area contributed by atoms with E-state index >= 15 is 0 Å². The van der Waals surface area contributed by atoms with Crippen LogP contribution in [0.15, 0.2) is 159 Å². The fourth-order valence-corrected chi connectivity index (χ4v) is 9.98. The van der Waals surface area contributed by atoms with E-state index in [1.54, 1.807) is 28.4 Å². The Hall–Kier alpha value is -7.00. The summed E-state index contributed by atoms with van der Waals surface area (Å²) in [6.07, 6.45) is 12.9. The SMILES string of the molecule is COc1c2cc3ccccc3c1-c1c(OC)c(cc3ccccc13)C[n+]1ccn(c1)Cc1cc3ccccc3c(c1OC)-c1c(OC)c(cc3ccccc13)C[n+]1ccn(c1)C2.[Cl-].[Cl-]. The zero-order chi connectivity index (χ0) is 41.9. The van der Waals surface area contributed by atoms with E-state index in [1.165, 1.54) is 0 Å². The van der Waals surface area contributed by atoms with Crippen molar-refractivity contribution >= 4 is 43.1 Å². The number of ether oxygens (including phenoxy) is 4. The van der Waals surface area contributed by atoms with E-state index in [0.717, 1.165) is 111 Å². The number of fused-ring (bicyclic) bond motifs is 22. The van der Waals surface area contributed by atoms with Crippen molar-refractivity contribution in [2.24, 2.45) is 0 Å². The van der Waals surface area contributed by atoms with E-state index < -0.39 is 0 Å². The standard InChI is InChI=1S/C54H46N4O4.2ClH/c1-59-51-39-25-35-13-5-9-17-43(35)47(51)48-44-18-10-6-14-36(44)26-40(52(48)60-2)30-57-23-24-58(34-57)32-42-28-38-16-8-12-20-46(38)50(54(42)62-4)49-45-19-11-7-15-37(45)27-41(53(49)61-3)31-56-22-21-55(29-39)33-56;;/h5-28,33-34H,29-32H2,1-4H3;2*1H/q+2;;/p-2. The molecule has 1 aliphatic rings. The second-order valence-corrected chi connectivity index (χ2v) is 16.2. The fourth-order valence-electron chi connectivity index (χ4n) is 9.98. The summed E-state index contributed by atoms with van der Waals surface area (Å²) in [6.45, 7) is 2.36. The van der Waals surface area contributed by atoms with Gasteiger partial charge in [0, 0.05) is 44.5 Å². The Balaban J connectivity index is 0.00000259. The van der Waals surface area contributed by atoms with Crippen molar-refractivity contribution < 1.29 is 52.9 Å². The monoisotopic (exact) mass is 884 g/mol. The third kappa shape index (κ3) is 7.03. The van der Waals surface area contributed by atoms with Gasteiger partial charge in [0.05, 0.1) is 28.4 Å². The molecule has 64 heavy (non-hydrogen) atoms. The molecule has 8 aromatic carbocycles. The number of benzene rings is 8. The molecule has 0 unspecified atom stereocenters. The lowest BCUT2D eigenvalue weighted by Gasteiger charge is -2.22. The predicted octanol–water partition coefficient (Wildman–Crippen LogP) is 4.36. The predicted molar refractivity (Wildman–Crippen MR) is 246 cm³/mol. The third-order valence-electron chi connectivity index (χ3n) is 12.5. The zero-order valence-electron chi connectivity index (χ0n) is 36.0. The van der Waals surface area contributed by atoms with Crippen LogP contribution in [-0.4, -0.2) is 37.6 Å². The summed E-state index contributed by atoms with van der Waals surface area (Å²) in [6, 6.07) is 43.4. The van der Waals surface area contributed by atoms with Crippen LogP contribution in [0.25, 0.3) is 65.3 Å². The van der Waals surface area contributed by atoms with Gasteiger partial charge in [-0.3, -0.25) is 0 Å². The Labute approximate surface area is 384 Å². The van der Waals surface area contributed by atoms with Crippen LogP contribution in [0.4, 0.5) is 0 Å². The number of hydrogen-bond acceptors (Lipinski definition) is 4. The van der Waals surface area contributed by atoms with Crippen molar-refractivity contribution in [2.75, 3.05) is 28.4 Å². The first-order valence-corrected chi connectivity index (χ1v) is 21.0. The van der Waals surface area contributed by atoms with Gasteiger partial charge in [-0.15, -0.1) is 0 Å². The normalized spacial score (nSPS) is 12.2. The van der Waals surface area contributed by atoms with Crippen LogP contribution in [0, 0.1) is 0 Å². The van der Waals surface area contributed by atoms with Crippen LogP contribution in [0.3, 0.4) is 0 Å². The molecule has 12 bridgehead atoms. The van der Waals surface area contributed by atoms with Gasteiger partial charge in [-0.05, 0) is 67.4 Å². The quantitative estimate of drug-likeness (QED) is 0.247. The number of imidazole rings is 2.